The van der Waals surface area contributed by atoms with Gasteiger partial charge in [-0.25, -0.2) is 0 Å². The molecule has 0 amide bonds. The first-order valence-corrected chi connectivity index (χ1v) is 5.82. The predicted molar refractivity (Wildman–Crippen MR) is 69.1 cm³/mol. The third-order valence-corrected chi connectivity index (χ3v) is 3.05. The number of rotatable bonds is 2. The summed E-state index contributed by atoms with van der Waals surface area (Å²) in [6, 6.07) is 5.74. The molecule has 9 heteroatoms. The average Bonchev–Trinajstić information content (AvgIpc) is 2.79. The molecule has 102 valence electrons. The zero-order valence-corrected chi connectivity index (χ0v) is 10.2. The first kappa shape index (κ1) is 12.1. The molecule has 2 aromatic rings. The average molecular weight is 274 g/mol. The molecule has 0 aliphatic carbocycles. The summed E-state index contributed by atoms with van der Waals surface area (Å²) in [6.45, 7) is 0. The molecule has 0 spiro atoms. The van der Waals surface area contributed by atoms with Crippen LogP contribution in [-0.2, 0) is 0 Å². The van der Waals surface area contributed by atoms with Gasteiger partial charge in [-0.15, -0.1) is 5.10 Å². The highest BCUT2D eigenvalue weighted by Gasteiger charge is 2.31. The van der Waals surface area contributed by atoms with E-state index < -0.39 is 11.0 Å². The number of nitrogens with two attached hydrogens (primary N) is 1. The van der Waals surface area contributed by atoms with Gasteiger partial charge in [0.15, 0.2) is 0 Å². The molecular formula is C11H10N6O3. The smallest absolute Gasteiger partial charge is 0.274 e. The third kappa shape index (κ3) is 1.85. The molecule has 0 radical (unpaired) electrons. The largest absolute Gasteiger partial charge is 0.366 e. The number of anilines is 2. The number of carbonyl (C=O) groups excluding carboxylic acids is 1. The van der Waals surface area contributed by atoms with E-state index in [0.29, 0.717) is 5.56 Å². The molecule has 3 rings (SSSR count). The van der Waals surface area contributed by atoms with E-state index in [1.54, 1.807) is 18.2 Å². The number of nitrogen functional groups attached to an aromatic ring is 1. The van der Waals surface area contributed by atoms with Crippen molar-refractivity contribution in [2.75, 3.05) is 11.1 Å². The van der Waals surface area contributed by atoms with E-state index in [-0.39, 0.29) is 29.9 Å². The monoisotopic (exact) mass is 274 g/mol. The lowest BCUT2D eigenvalue weighted by Crippen LogP contribution is -2.29. The number of fused-ring (bicyclic) bond motifs is 1. The molecule has 3 N–H and O–H groups in total. The lowest BCUT2D eigenvalue weighted by atomic mass is 10.0. The summed E-state index contributed by atoms with van der Waals surface area (Å²) in [5.41, 5.74) is 5.83. The Morgan fingerprint density at radius 2 is 2.20 bits per heavy atom. The van der Waals surface area contributed by atoms with E-state index >= 15 is 0 Å². The minimum atomic E-state index is -0.528. The van der Waals surface area contributed by atoms with Gasteiger partial charge in [0, 0.05) is 6.07 Å². The van der Waals surface area contributed by atoms with Crippen LogP contribution in [0.15, 0.2) is 24.3 Å². The minimum Gasteiger partial charge on any atom is -0.366 e. The Hall–Kier alpha value is -2.97. The molecule has 0 saturated heterocycles. The van der Waals surface area contributed by atoms with Crippen LogP contribution in [0.25, 0.3) is 0 Å². The van der Waals surface area contributed by atoms with Gasteiger partial charge in [-0.05, 0) is 0 Å². The molecule has 20 heavy (non-hydrogen) atoms. The summed E-state index contributed by atoms with van der Waals surface area (Å²) >= 11 is 0. The topological polar surface area (TPSA) is 129 Å². The summed E-state index contributed by atoms with van der Waals surface area (Å²) in [4.78, 5) is 26.4. The number of para-hydroxylation sites is 1. The van der Waals surface area contributed by atoms with Crippen molar-refractivity contribution in [1.82, 2.24) is 14.8 Å². The minimum absolute atomic E-state index is 0.0240. The van der Waals surface area contributed by atoms with Gasteiger partial charge in [-0.1, -0.05) is 18.2 Å². The van der Waals surface area contributed by atoms with Gasteiger partial charge in [-0.3, -0.25) is 14.9 Å². The number of aromatic nitrogens is 3. The number of hydrogen-bond acceptors (Lipinski definition) is 7. The maximum Gasteiger partial charge on any atom is 0.274 e. The summed E-state index contributed by atoms with van der Waals surface area (Å²) < 4.78 is 1.07. The third-order valence-electron chi connectivity index (χ3n) is 3.05. The summed E-state index contributed by atoms with van der Waals surface area (Å²) in [5, 5.41) is 17.7. The molecule has 1 aliphatic rings. The summed E-state index contributed by atoms with van der Waals surface area (Å²) in [7, 11) is 0. The van der Waals surface area contributed by atoms with Crippen molar-refractivity contribution < 1.29 is 9.72 Å². The van der Waals surface area contributed by atoms with Crippen LogP contribution in [0.2, 0.25) is 0 Å². The van der Waals surface area contributed by atoms with Crippen molar-refractivity contribution >= 4 is 23.5 Å². The summed E-state index contributed by atoms with van der Waals surface area (Å²) in [6.07, 6.45) is 0.0423. The normalized spacial score (nSPS) is 17.4. The van der Waals surface area contributed by atoms with Crippen LogP contribution in [0.5, 0.6) is 0 Å². The Balaban J connectivity index is 2.02. The van der Waals surface area contributed by atoms with Gasteiger partial charge in [0.25, 0.3) is 11.6 Å². The van der Waals surface area contributed by atoms with Crippen LogP contribution in [0.4, 0.5) is 17.6 Å². The van der Waals surface area contributed by atoms with E-state index in [9.17, 15) is 14.9 Å². The highest BCUT2D eigenvalue weighted by molar-refractivity contribution is 5.84. The molecule has 0 fully saturated rings. The van der Waals surface area contributed by atoms with E-state index in [0.717, 1.165) is 4.68 Å². The van der Waals surface area contributed by atoms with E-state index in [1.807, 2.05) is 0 Å². The number of nitro benzene ring substituents is 1. The number of benzene rings is 1. The Labute approximate surface area is 112 Å². The van der Waals surface area contributed by atoms with E-state index in [1.165, 1.54) is 6.07 Å². The van der Waals surface area contributed by atoms with E-state index in [2.05, 4.69) is 15.4 Å². The lowest BCUT2D eigenvalue weighted by molar-refractivity contribution is -0.385. The van der Waals surface area contributed by atoms with Gasteiger partial charge >= 0.3 is 0 Å². The standard InChI is InChI=1S/C11H10N6O3/c12-10-14-11-13-7(5-9(18)16(11)15-10)6-3-1-2-4-8(6)17(19)20/h1-4,7H,5H2,(H3,12,13,14,15)/t7-/m0/s1. The second-order valence-corrected chi connectivity index (χ2v) is 4.32. The van der Waals surface area contributed by atoms with Crippen LogP contribution in [0.3, 0.4) is 0 Å². The van der Waals surface area contributed by atoms with Crippen LogP contribution >= 0.6 is 0 Å². The van der Waals surface area contributed by atoms with Gasteiger partial charge in [0.1, 0.15) is 0 Å². The maximum atomic E-state index is 12.0. The Morgan fingerprint density at radius 1 is 1.45 bits per heavy atom. The van der Waals surface area contributed by atoms with Crippen LogP contribution in [0.1, 0.15) is 22.8 Å². The number of nitro groups is 1. The van der Waals surface area contributed by atoms with Gasteiger partial charge in [0.2, 0.25) is 11.9 Å². The maximum absolute atomic E-state index is 12.0. The van der Waals surface area contributed by atoms with Crippen molar-refractivity contribution in [1.29, 1.82) is 0 Å². The molecule has 0 unspecified atom stereocenters. The number of nitrogens with one attached hydrogen (secondary N) is 1. The second-order valence-electron chi connectivity index (χ2n) is 4.32. The fourth-order valence-corrected chi connectivity index (χ4v) is 2.20. The molecule has 0 bridgehead atoms. The van der Waals surface area contributed by atoms with Crippen molar-refractivity contribution in [2.24, 2.45) is 0 Å². The number of hydrogen-bond donors (Lipinski definition) is 2. The quantitative estimate of drug-likeness (QED) is 0.616. The van der Waals surface area contributed by atoms with Crippen molar-refractivity contribution in [3.8, 4) is 0 Å². The van der Waals surface area contributed by atoms with Crippen LogP contribution in [0, 0.1) is 10.1 Å². The number of nitrogens with zero attached hydrogens (tertiary/aromatic N) is 4. The van der Waals surface area contributed by atoms with Crippen molar-refractivity contribution in [2.45, 2.75) is 12.5 Å². The Kier molecular flexibility index (Phi) is 2.60. The SMILES string of the molecule is Nc1nc2n(n1)C(=O)C[C@@H](c1ccccc1[N+](=O)[O-])N2. The molecule has 0 saturated carbocycles. The van der Waals surface area contributed by atoms with Crippen LogP contribution in [-0.4, -0.2) is 25.6 Å². The molecule has 9 nitrogen and oxygen atoms in total. The lowest BCUT2D eigenvalue weighted by Gasteiger charge is -2.23. The first-order valence-electron chi connectivity index (χ1n) is 5.82. The van der Waals surface area contributed by atoms with Crippen molar-refractivity contribution in [3.05, 3.63) is 39.9 Å². The summed E-state index contributed by atoms with van der Waals surface area (Å²) in [5.74, 6) is -0.142. The zero-order valence-electron chi connectivity index (χ0n) is 10.2. The Bertz CT molecular complexity index is 710. The molecule has 2 heterocycles. The fraction of sp³-hybridized carbons (Fsp3) is 0.182. The second kappa shape index (κ2) is 4.30. The van der Waals surface area contributed by atoms with Gasteiger partial charge in [0.05, 0.1) is 22.9 Å². The van der Waals surface area contributed by atoms with Gasteiger partial charge in [-0.2, -0.15) is 9.67 Å². The first-order chi connectivity index (χ1) is 9.56. The highest BCUT2D eigenvalue weighted by atomic mass is 16.6. The van der Waals surface area contributed by atoms with Gasteiger partial charge < -0.3 is 11.1 Å². The van der Waals surface area contributed by atoms with E-state index in [4.69, 9.17) is 5.73 Å². The predicted octanol–water partition coefficient (Wildman–Crippen LogP) is 0.966. The molecule has 1 atom stereocenters. The molecule has 1 aromatic heterocycles. The Morgan fingerprint density at radius 3 is 2.95 bits per heavy atom. The number of carbonyl (C=O) groups is 1. The molecular weight excluding hydrogens is 264 g/mol. The molecule has 1 aromatic carbocycles. The van der Waals surface area contributed by atoms with Crippen LogP contribution < -0.4 is 11.1 Å². The van der Waals surface area contributed by atoms with Crippen molar-refractivity contribution in [3.63, 3.8) is 0 Å². The highest BCUT2D eigenvalue weighted by Crippen LogP contribution is 2.32. The fourth-order valence-electron chi connectivity index (χ4n) is 2.20. The zero-order chi connectivity index (χ0) is 14.3. The molecule has 1 aliphatic heterocycles.